The maximum Gasteiger partial charge on any atom is 0.0741 e. The predicted octanol–water partition coefficient (Wildman–Crippen LogP) is 2.34. The zero-order valence-corrected chi connectivity index (χ0v) is 10.2. The van der Waals surface area contributed by atoms with Gasteiger partial charge in [-0.1, -0.05) is 6.92 Å². The fraction of sp³-hybridized carbons (Fsp3) is 0.846. The quantitative estimate of drug-likeness (QED) is 0.702. The van der Waals surface area contributed by atoms with Crippen LogP contribution in [0.3, 0.4) is 0 Å². The van der Waals surface area contributed by atoms with E-state index in [1.54, 1.807) is 0 Å². The number of hydrogen-bond acceptors (Lipinski definition) is 2. The lowest BCUT2D eigenvalue weighted by molar-refractivity contribution is 0.0331. The Kier molecular flexibility index (Phi) is 5.75. The Morgan fingerprint density at radius 1 is 1.47 bits per heavy atom. The molecule has 1 heterocycles. The predicted molar refractivity (Wildman–Crippen MR) is 63.7 cm³/mol. The molecule has 0 aromatic carbocycles. The molecule has 0 aromatic heterocycles. The zero-order chi connectivity index (χ0) is 11.1. The normalized spacial score (nSPS) is 27.1. The molecule has 0 aliphatic carbocycles. The third-order valence-corrected chi connectivity index (χ3v) is 2.87. The van der Waals surface area contributed by atoms with E-state index in [2.05, 4.69) is 31.0 Å². The molecule has 1 aliphatic rings. The highest BCUT2D eigenvalue weighted by molar-refractivity contribution is 5.00. The molecule has 0 bridgehead atoms. The molecule has 3 unspecified atom stereocenters. The summed E-state index contributed by atoms with van der Waals surface area (Å²) >= 11 is 0. The number of hydrogen-bond donors (Lipinski definition) is 1. The Morgan fingerprint density at radius 2 is 2.27 bits per heavy atom. The molecule has 0 radical (unpaired) electrons. The molecule has 86 valence electrons. The van der Waals surface area contributed by atoms with E-state index in [-0.39, 0.29) is 0 Å². The molecule has 2 nitrogen and oxygen atoms in total. The lowest BCUT2D eigenvalue weighted by Crippen LogP contribution is -2.40. The first-order chi connectivity index (χ1) is 7.27. The van der Waals surface area contributed by atoms with Crippen molar-refractivity contribution in [2.75, 3.05) is 6.54 Å². The van der Waals surface area contributed by atoms with Gasteiger partial charge in [0.1, 0.15) is 0 Å². The van der Waals surface area contributed by atoms with Crippen molar-refractivity contribution < 1.29 is 4.74 Å². The fourth-order valence-corrected chi connectivity index (χ4v) is 2.01. The SMILES string of the molecule is CC#CCC(NCCC)C1CCC(C)O1. The molecule has 1 rings (SSSR count). The van der Waals surface area contributed by atoms with E-state index in [4.69, 9.17) is 4.74 Å². The lowest BCUT2D eigenvalue weighted by Gasteiger charge is -2.22. The molecular formula is C13H23NO. The van der Waals surface area contributed by atoms with Crippen LogP contribution in [0.2, 0.25) is 0 Å². The Bertz CT molecular complexity index is 228. The first kappa shape index (κ1) is 12.5. The Hall–Kier alpha value is -0.520. The molecule has 0 spiro atoms. The van der Waals surface area contributed by atoms with Crippen LogP contribution in [0.4, 0.5) is 0 Å². The van der Waals surface area contributed by atoms with Crippen molar-refractivity contribution in [3.63, 3.8) is 0 Å². The average Bonchev–Trinajstić information content (AvgIpc) is 2.65. The van der Waals surface area contributed by atoms with Gasteiger partial charge in [-0.15, -0.1) is 11.8 Å². The van der Waals surface area contributed by atoms with Gasteiger partial charge in [0.15, 0.2) is 0 Å². The second-order valence-corrected chi connectivity index (χ2v) is 4.25. The van der Waals surface area contributed by atoms with E-state index in [0.717, 1.165) is 13.0 Å². The number of ether oxygens (including phenoxy) is 1. The number of rotatable bonds is 5. The van der Waals surface area contributed by atoms with E-state index in [1.165, 1.54) is 19.3 Å². The molecule has 0 aromatic rings. The minimum Gasteiger partial charge on any atom is -0.374 e. The van der Waals surface area contributed by atoms with Gasteiger partial charge in [0.05, 0.1) is 12.2 Å². The summed E-state index contributed by atoms with van der Waals surface area (Å²) in [6.07, 6.45) is 5.23. The van der Waals surface area contributed by atoms with Crippen LogP contribution < -0.4 is 5.32 Å². The van der Waals surface area contributed by atoms with Crippen molar-refractivity contribution in [2.45, 2.75) is 64.7 Å². The van der Waals surface area contributed by atoms with E-state index >= 15 is 0 Å². The third-order valence-electron chi connectivity index (χ3n) is 2.87. The van der Waals surface area contributed by atoms with Gasteiger partial charge in [-0.05, 0) is 39.7 Å². The van der Waals surface area contributed by atoms with E-state index in [0.29, 0.717) is 18.2 Å². The van der Waals surface area contributed by atoms with Gasteiger partial charge in [-0.3, -0.25) is 0 Å². The van der Waals surface area contributed by atoms with Crippen LogP contribution in [-0.4, -0.2) is 24.8 Å². The van der Waals surface area contributed by atoms with Crippen molar-refractivity contribution in [3.05, 3.63) is 0 Å². The summed E-state index contributed by atoms with van der Waals surface area (Å²) in [4.78, 5) is 0. The Morgan fingerprint density at radius 3 is 2.80 bits per heavy atom. The summed E-state index contributed by atoms with van der Waals surface area (Å²) < 4.78 is 5.89. The van der Waals surface area contributed by atoms with Crippen LogP contribution >= 0.6 is 0 Å². The molecule has 1 aliphatic heterocycles. The average molecular weight is 209 g/mol. The van der Waals surface area contributed by atoms with Gasteiger partial charge in [-0.2, -0.15) is 0 Å². The van der Waals surface area contributed by atoms with Crippen LogP contribution in [0.5, 0.6) is 0 Å². The fourth-order valence-electron chi connectivity index (χ4n) is 2.01. The summed E-state index contributed by atoms with van der Waals surface area (Å²) in [6.45, 7) is 7.30. The molecule has 1 saturated heterocycles. The Labute approximate surface area is 93.8 Å². The van der Waals surface area contributed by atoms with Gasteiger partial charge in [0, 0.05) is 12.5 Å². The molecule has 3 atom stereocenters. The van der Waals surface area contributed by atoms with Crippen molar-refractivity contribution in [1.82, 2.24) is 5.32 Å². The topological polar surface area (TPSA) is 21.3 Å². The van der Waals surface area contributed by atoms with E-state index in [9.17, 15) is 0 Å². The van der Waals surface area contributed by atoms with Crippen molar-refractivity contribution in [1.29, 1.82) is 0 Å². The van der Waals surface area contributed by atoms with Crippen LogP contribution in [0, 0.1) is 11.8 Å². The second kappa shape index (κ2) is 6.87. The summed E-state index contributed by atoms with van der Waals surface area (Å²) in [6, 6.07) is 0.419. The van der Waals surface area contributed by atoms with Gasteiger partial charge >= 0.3 is 0 Å². The van der Waals surface area contributed by atoms with Crippen molar-refractivity contribution in [3.8, 4) is 11.8 Å². The van der Waals surface area contributed by atoms with Crippen LogP contribution in [-0.2, 0) is 4.74 Å². The van der Waals surface area contributed by atoms with Gasteiger partial charge in [0.2, 0.25) is 0 Å². The standard InChI is InChI=1S/C13H23NO/c1-4-6-7-12(14-10-5-2)13-9-8-11(3)15-13/h11-14H,5,7-10H2,1-3H3. The summed E-state index contributed by atoms with van der Waals surface area (Å²) in [7, 11) is 0. The minimum atomic E-state index is 0.368. The largest absolute Gasteiger partial charge is 0.374 e. The van der Waals surface area contributed by atoms with Gasteiger partial charge in [-0.25, -0.2) is 0 Å². The van der Waals surface area contributed by atoms with E-state index in [1.807, 2.05) is 6.92 Å². The number of nitrogens with one attached hydrogen (secondary N) is 1. The highest BCUT2D eigenvalue weighted by atomic mass is 16.5. The molecule has 0 amide bonds. The molecule has 2 heteroatoms. The molecular weight excluding hydrogens is 186 g/mol. The maximum absolute atomic E-state index is 5.89. The highest BCUT2D eigenvalue weighted by Gasteiger charge is 2.28. The zero-order valence-electron chi connectivity index (χ0n) is 10.2. The summed E-state index contributed by atoms with van der Waals surface area (Å²) in [5.41, 5.74) is 0. The Balaban J connectivity index is 2.42. The second-order valence-electron chi connectivity index (χ2n) is 4.25. The van der Waals surface area contributed by atoms with Crippen LogP contribution in [0.1, 0.15) is 46.5 Å². The minimum absolute atomic E-state index is 0.368. The van der Waals surface area contributed by atoms with Crippen LogP contribution in [0.25, 0.3) is 0 Å². The third kappa shape index (κ3) is 4.24. The summed E-state index contributed by atoms with van der Waals surface area (Å²) in [5, 5.41) is 3.54. The highest BCUT2D eigenvalue weighted by Crippen LogP contribution is 2.22. The molecule has 0 saturated carbocycles. The lowest BCUT2D eigenvalue weighted by atomic mass is 10.0. The van der Waals surface area contributed by atoms with Crippen molar-refractivity contribution >= 4 is 0 Å². The van der Waals surface area contributed by atoms with E-state index < -0.39 is 0 Å². The molecule has 1 N–H and O–H groups in total. The molecule has 15 heavy (non-hydrogen) atoms. The summed E-state index contributed by atoms with van der Waals surface area (Å²) in [5.74, 6) is 6.12. The van der Waals surface area contributed by atoms with Crippen molar-refractivity contribution in [2.24, 2.45) is 0 Å². The van der Waals surface area contributed by atoms with Gasteiger partial charge in [0.25, 0.3) is 0 Å². The first-order valence-corrected chi connectivity index (χ1v) is 6.06. The maximum atomic E-state index is 5.89. The van der Waals surface area contributed by atoms with Crippen LogP contribution in [0.15, 0.2) is 0 Å². The first-order valence-electron chi connectivity index (χ1n) is 6.06. The molecule has 1 fully saturated rings. The monoisotopic (exact) mass is 209 g/mol. The van der Waals surface area contributed by atoms with Gasteiger partial charge < -0.3 is 10.1 Å². The smallest absolute Gasteiger partial charge is 0.0741 e.